The van der Waals surface area contributed by atoms with Crippen LogP contribution in [0.1, 0.15) is 24.2 Å². The molecule has 0 spiro atoms. The highest BCUT2D eigenvalue weighted by atomic mass is 32.2. The lowest BCUT2D eigenvalue weighted by Crippen LogP contribution is -2.50. The van der Waals surface area contributed by atoms with Crippen LogP contribution in [-0.2, 0) is 10.0 Å². The molecule has 0 bridgehead atoms. The van der Waals surface area contributed by atoms with Crippen molar-refractivity contribution in [1.82, 2.24) is 9.21 Å². The fourth-order valence-electron chi connectivity index (χ4n) is 5.68. The van der Waals surface area contributed by atoms with E-state index in [1.165, 1.54) is 43.8 Å². The lowest BCUT2D eigenvalue weighted by molar-refractivity contribution is 0.0389. The number of nitrogens with zero attached hydrogens (tertiary/aromatic N) is 2. The van der Waals surface area contributed by atoms with Gasteiger partial charge in [0.2, 0.25) is 10.0 Å². The predicted molar refractivity (Wildman–Crippen MR) is 184 cm³/mol. The zero-order valence-electron chi connectivity index (χ0n) is 27.5. The maximum Gasteiger partial charge on any atom is 0.323 e. The summed E-state index contributed by atoms with van der Waals surface area (Å²) in [6, 6.07) is 21.3. The van der Waals surface area contributed by atoms with Crippen molar-refractivity contribution in [3.8, 4) is 17.2 Å². The molecule has 0 saturated carbocycles. The lowest BCUT2D eigenvalue weighted by atomic mass is 9.99. The summed E-state index contributed by atoms with van der Waals surface area (Å²) in [5.74, 6) is -0.0294. The zero-order chi connectivity index (χ0) is 34.6. The van der Waals surface area contributed by atoms with Crippen LogP contribution >= 0.6 is 0 Å². The summed E-state index contributed by atoms with van der Waals surface area (Å²) >= 11 is 0. The van der Waals surface area contributed by atoms with Crippen molar-refractivity contribution in [2.75, 3.05) is 51.6 Å². The minimum Gasteiger partial charge on any atom is -0.493 e. The average molecular weight is 677 g/mol. The number of aliphatic hydroxyl groups is 1. The quantitative estimate of drug-likeness (QED) is 0.212. The molecular weight excluding hydrogens is 636 g/mol. The Bertz CT molecular complexity index is 1910. The van der Waals surface area contributed by atoms with Crippen molar-refractivity contribution >= 4 is 44.1 Å². The third-order valence-electron chi connectivity index (χ3n) is 8.48. The van der Waals surface area contributed by atoms with E-state index in [4.69, 9.17) is 14.2 Å². The molecule has 0 radical (unpaired) electrons. The number of likely N-dealkylation sites (N-methyl/N-ethyl adjacent to an activating group) is 1. The molecule has 12 nitrogen and oxygen atoms in total. The van der Waals surface area contributed by atoms with Crippen LogP contribution in [0.3, 0.4) is 0 Å². The fraction of sp³-hybridized carbons (Fsp3) is 0.314. The van der Waals surface area contributed by atoms with Crippen LogP contribution < -0.4 is 24.8 Å². The largest absolute Gasteiger partial charge is 0.493 e. The Morgan fingerprint density at radius 1 is 1.00 bits per heavy atom. The number of hydrogen-bond acceptors (Lipinski definition) is 8. The molecule has 254 valence electrons. The van der Waals surface area contributed by atoms with Crippen molar-refractivity contribution in [1.29, 1.82) is 0 Å². The van der Waals surface area contributed by atoms with Crippen molar-refractivity contribution in [2.45, 2.75) is 30.9 Å². The molecule has 4 aromatic carbocycles. The van der Waals surface area contributed by atoms with Gasteiger partial charge in [0.05, 0.1) is 55.2 Å². The Hall–Kier alpha value is -4.85. The van der Waals surface area contributed by atoms with Gasteiger partial charge in [-0.1, -0.05) is 49.4 Å². The molecule has 3 amide bonds. The van der Waals surface area contributed by atoms with Crippen molar-refractivity contribution in [2.24, 2.45) is 5.92 Å². The van der Waals surface area contributed by atoms with E-state index in [0.29, 0.717) is 11.4 Å². The first-order valence-corrected chi connectivity index (χ1v) is 16.9. The van der Waals surface area contributed by atoms with Crippen LogP contribution in [0.5, 0.6) is 17.2 Å². The highest BCUT2D eigenvalue weighted by molar-refractivity contribution is 7.89. The van der Waals surface area contributed by atoms with Crippen LogP contribution in [0.15, 0.2) is 83.8 Å². The van der Waals surface area contributed by atoms with Gasteiger partial charge in [-0.15, -0.1) is 0 Å². The fourth-order valence-corrected chi connectivity index (χ4v) is 6.88. The van der Waals surface area contributed by atoms with Crippen LogP contribution in [0.2, 0.25) is 0 Å². The lowest BCUT2D eigenvalue weighted by Gasteiger charge is -2.38. The first kappa shape index (κ1) is 34.5. The first-order chi connectivity index (χ1) is 23.0. The minimum absolute atomic E-state index is 0.000262. The number of hydrogen-bond donors (Lipinski definition) is 3. The summed E-state index contributed by atoms with van der Waals surface area (Å²) < 4.78 is 45.8. The number of carbonyl (C=O) groups is 2. The summed E-state index contributed by atoms with van der Waals surface area (Å²) in [5.41, 5.74) is 0.984. The van der Waals surface area contributed by atoms with Crippen molar-refractivity contribution in [3.63, 3.8) is 0 Å². The number of urea groups is 1. The number of aliphatic hydroxyl groups excluding tert-OH is 1. The van der Waals surface area contributed by atoms with Gasteiger partial charge in [0.15, 0.2) is 17.2 Å². The molecule has 5 rings (SSSR count). The van der Waals surface area contributed by atoms with Crippen molar-refractivity contribution in [3.05, 3.63) is 84.4 Å². The van der Waals surface area contributed by atoms with E-state index in [0.717, 1.165) is 10.8 Å². The zero-order valence-corrected chi connectivity index (χ0v) is 28.3. The molecule has 13 heteroatoms. The number of methoxy groups -OCH3 is 2. The molecule has 4 aromatic rings. The number of para-hydroxylation sites is 1. The number of rotatable bonds is 10. The average Bonchev–Trinajstić information content (AvgIpc) is 3.09. The molecular formula is C35H40N4O8S. The summed E-state index contributed by atoms with van der Waals surface area (Å²) in [4.78, 5) is 28.8. The second kappa shape index (κ2) is 14.5. The van der Waals surface area contributed by atoms with Crippen LogP contribution in [0, 0.1) is 5.92 Å². The monoisotopic (exact) mass is 676 g/mol. The summed E-state index contributed by atoms with van der Waals surface area (Å²) in [6.45, 7) is 3.39. The van der Waals surface area contributed by atoms with Gasteiger partial charge in [0, 0.05) is 31.0 Å². The normalized spacial score (nSPS) is 17.1. The molecule has 3 N–H and O–H groups in total. The van der Waals surface area contributed by atoms with Gasteiger partial charge in [-0.2, -0.15) is 4.31 Å². The number of amides is 3. The predicted octanol–water partition coefficient (Wildman–Crippen LogP) is 5.04. The van der Waals surface area contributed by atoms with Gasteiger partial charge in [-0.3, -0.25) is 4.79 Å². The number of sulfonamides is 1. The van der Waals surface area contributed by atoms with Gasteiger partial charge in [-0.25, -0.2) is 13.2 Å². The van der Waals surface area contributed by atoms with Crippen LogP contribution in [0.4, 0.5) is 16.2 Å². The van der Waals surface area contributed by atoms with Gasteiger partial charge < -0.3 is 34.9 Å². The summed E-state index contributed by atoms with van der Waals surface area (Å²) in [7, 11) is 0.308. The Kier molecular flexibility index (Phi) is 10.4. The molecule has 1 aliphatic heterocycles. The molecule has 3 atom stereocenters. The number of benzene rings is 4. The van der Waals surface area contributed by atoms with Gasteiger partial charge in [0.25, 0.3) is 5.91 Å². The van der Waals surface area contributed by atoms with E-state index in [1.54, 1.807) is 36.1 Å². The van der Waals surface area contributed by atoms with E-state index in [9.17, 15) is 23.1 Å². The van der Waals surface area contributed by atoms with E-state index in [-0.39, 0.29) is 53.2 Å². The minimum atomic E-state index is -4.03. The molecule has 0 fully saturated rings. The smallest absolute Gasteiger partial charge is 0.323 e. The van der Waals surface area contributed by atoms with Gasteiger partial charge >= 0.3 is 6.03 Å². The number of carbonyl (C=O) groups excluding carboxylic acids is 2. The molecule has 0 aromatic heterocycles. The second-order valence-electron chi connectivity index (χ2n) is 11.7. The van der Waals surface area contributed by atoms with E-state index < -0.39 is 34.1 Å². The topological polar surface area (TPSA) is 147 Å². The Morgan fingerprint density at radius 2 is 1.67 bits per heavy atom. The summed E-state index contributed by atoms with van der Waals surface area (Å²) in [5, 5.41) is 17.5. The number of anilines is 2. The van der Waals surface area contributed by atoms with E-state index in [2.05, 4.69) is 10.6 Å². The molecule has 0 aliphatic carbocycles. The number of fused-ring (bicyclic) bond motifs is 2. The molecule has 0 saturated heterocycles. The third kappa shape index (κ3) is 7.03. The standard InChI is InChI=1S/C35H40N4O8S/c1-22-19-39(23(2)21-40)34(41)27-13-9-15-29(37-35(42)36-28-14-8-11-24-10-6-7-12-26(24)28)33(27)47-32(22)20-38(3)48(43,44)25-16-17-30(45-4)31(18-25)46-5/h6-18,22-23,32,40H,19-21H2,1-5H3,(H2,36,37,42). The summed E-state index contributed by atoms with van der Waals surface area (Å²) in [6.07, 6.45) is -0.769. The molecule has 3 unspecified atom stereocenters. The first-order valence-electron chi connectivity index (χ1n) is 15.4. The third-order valence-corrected chi connectivity index (χ3v) is 10.3. The Balaban J connectivity index is 1.48. The Labute approximate surface area is 280 Å². The maximum absolute atomic E-state index is 13.9. The highest BCUT2D eigenvalue weighted by Crippen LogP contribution is 2.36. The molecule has 1 aliphatic rings. The van der Waals surface area contributed by atoms with Crippen LogP contribution in [-0.4, -0.2) is 87.8 Å². The number of nitrogens with one attached hydrogen (secondary N) is 2. The Morgan fingerprint density at radius 3 is 2.40 bits per heavy atom. The van der Waals surface area contributed by atoms with Gasteiger partial charge in [0.1, 0.15) is 6.10 Å². The molecule has 1 heterocycles. The SMILES string of the molecule is COc1ccc(S(=O)(=O)N(C)CC2Oc3c(NC(=O)Nc4cccc5ccccc45)cccc3C(=O)N(C(C)CO)CC2C)cc1OC. The van der Waals surface area contributed by atoms with E-state index >= 15 is 0 Å². The highest BCUT2D eigenvalue weighted by Gasteiger charge is 2.36. The van der Waals surface area contributed by atoms with Gasteiger partial charge in [-0.05, 0) is 42.6 Å². The second-order valence-corrected chi connectivity index (χ2v) is 13.8. The van der Waals surface area contributed by atoms with Crippen LogP contribution in [0.25, 0.3) is 10.8 Å². The molecule has 48 heavy (non-hydrogen) atoms. The van der Waals surface area contributed by atoms with E-state index in [1.807, 2.05) is 43.3 Å². The van der Waals surface area contributed by atoms with Crippen molar-refractivity contribution < 1.29 is 37.3 Å². The number of ether oxygens (including phenoxy) is 3. The maximum atomic E-state index is 13.9.